The summed E-state index contributed by atoms with van der Waals surface area (Å²) in [6.07, 6.45) is 1.20. The van der Waals surface area contributed by atoms with Crippen LogP contribution in [0.2, 0.25) is 15.1 Å². The quantitative estimate of drug-likeness (QED) is 0.907. The molecule has 0 spiro atoms. The second-order valence-corrected chi connectivity index (χ2v) is 5.36. The fraction of sp³-hybridized carbons (Fsp3) is 0.154. The topological polar surface area (TPSA) is 73.2 Å². The van der Waals surface area contributed by atoms with Crippen LogP contribution >= 0.6 is 34.8 Å². The normalized spacial score (nSPS) is 10.4. The first-order valence-corrected chi connectivity index (χ1v) is 7.10. The van der Waals surface area contributed by atoms with Crippen molar-refractivity contribution in [2.45, 2.75) is 6.54 Å². The minimum atomic E-state index is -0.642. The number of benzene rings is 1. The molecule has 1 heterocycles. The van der Waals surface area contributed by atoms with E-state index in [4.69, 9.17) is 39.5 Å². The highest BCUT2D eigenvalue weighted by Gasteiger charge is 2.11. The number of ether oxygens (including phenoxy) is 1. The number of nitrogens with zero attached hydrogens (tertiary/aromatic N) is 2. The molecular formula is C13H10Cl3N3O3. The highest BCUT2D eigenvalue weighted by atomic mass is 35.5. The predicted octanol–water partition coefficient (Wildman–Crippen LogP) is 2.85. The Morgan fingerprint density at radius 1 is 1.32 bits per heavy atom. The molecule has 0 unspecified atom stereocenters. The van der Waals surface area contributed by atoms with Crippen LogP contribution in [0.5, 0.6) is 5.75 Å². The number of halogens is 3. The van der Waals surface area contributed by atoms with Crippen LogP contribution in [0, 0.1) is 0 Å². The van der Waals surface area contributed by atoms with Crippen LogP contribution in [-0.2, 0) is 11.3 Å². The summed E-state index contributed by atoms with van der Waals surface area (Å²) in [4.78, 5) is 23.7. The Morgan fingerprint density at radius 2 is 2.05 bits per heavy atom. The lowest BCUT2D eigenvalue weighted by molar-refractivity contribution is -0.117. The van der Waals surface area contributed by atoms with Gasteiger partial charge in [-0.3, -0.25) is 9.59 Å². The molecule has 0 atom stereocenters. The molecule has 0 aliphatic heterocycles. The van der Waals surface area contributed by atoms with Gasteiger partial charge in [0, 0.05) is 5.69 Å². The molecule has 116 valence electrons. The third-order valence-electron chi connectivity index (χ3n) is 2.67. The van der Waals surface area contributed by atoms with Gasteiger partial charge in [0.25, 0.3) is 5.56 Å². The molecule has 9 heteroatoms. The maximum Gasteiger partial charge on any atom is 0.287 e. The Bertz CT molecular complexity index is 777. The van der Waals surface area contributed by atoms with E-state index >= 15 is 0 Å². The van der Waals surface area contributed by atoms with E-state index < -0.39 is 11.5 Å². The molecule has 0 aliphatic rings. The zero-order valence-electron chi connectivity index (χ0n) is 11.3. The Labute approximate surface area is 140 Å². The summed E-state index contributed by atoms with van der Waals surface area (Å²) in [7, 11) is 1.49. The van der Waals surface area contributed by atoms with E-state index in [0.29, 0.717) is 16.5 Å². The fourth-order valence-electron chi connectivity index (χ4n) is 1.64. The smallest absolute Gasteiger partial charge is 0.287 e. The van der Waals surface area contributed by atoms with Crippen molar-refractivity contribution < 1.29 is 9.53 Å². The highest BCUT2D eigenvalue weighted by Crippen LogP contribution is 2.27. The van der Waals surface area contributed by atoms with Crippen molar-refractivity contribution in [1.82, 2.24) is 9.78 Å². The first kappa shape index (κ1) is 16.6. The second-order valence-electron chi connectivity index (χ2n) is 4.17. The van der Waals surface area contributed by atoms with Gasteiger partial charge in [0.15, 0.2) is 0 Å². The van der Waals surface area contributed by atoms with Crippen molar-refractivity contribution in [2.24, 2.45) is 0 Å². The summed E-state index contributed by atoms with van der Waals surface area (Å²) >= 11 is 17.3. The number of carbonyl (C=O) groups is 1. The van der Waals surface area contributed by atoms with Crippen LogP contribution in [0.1, 0.15) is 0 Å². The SMILES string of the molecule is COc1ccc(NC(=O)Cn2ncc(Cl)c(Cl)c2=O)cc1Cl. The summed E-state index contributed by atoms with van der Waals surface area (Å²) in [5, 5.41) is 6.54. The third-order valence-corrected chi connectivity index (χ3v) is 3.72. The lowest BCUT2D eigenvalue weighted by Gasteiger charge is -2.09. The highest BCUT2D eigenvalue weighted by molar-refractivity contribution is 6.41. The van der Waals surface area contributed by atoms with Crippen molar-refractivity contribution in [3.05, 3.63) is 49.8 Å². The third kappa shape index (κ3) is 3.71. The predicted molar refractivity (Wildman–Crippen MR) is 85.2 cm³/mol. The van der Waals surface area contributed by atoms with Gasteiger partial charge in [0.2, 0.25) is 5.91 Å². The van der Waals surface area contributed by atoms with E-state index in [-0.39, 0.29) is 16.6 Å². The van der Waals surface area contributed by atoms with Gasteiger partial charge in [0.05, 0.1) is 23.4 Å². The van der Waals surface area contributed by atoms with Crippen molar-refractivity contribution in [2.75, 3.05) is 12.4 Å². The average Bonchev–Trinajstić information content (AvgIpc) is 2.48. The van der Waals surface area contributed by atoms with Gasteiger partial charge < -0.3 is 10.1 Å². The summed E-state index contributed by atoms with van der Waals surface area (Å²) in [5.74, 6) is 0.0243. The van der Waals surface area contributed by atoms with Crippen LogP contribution in [0.15, 0.2) is 29.2 Å². The van der Waals surface area contributed by atoms with E-state index in [9.17, 15) is 9.59 Å². The lowest BCUT2D eigenvalue weighted by Crippen LogP contribution is -2.29. The Hall–Kier alpha value is -1.76. The van der Waals surface area contributed by atoms with E-state index in [1.54, 1.807) is 12.1 Å². The molecule has 1 amide bonds. The average molecular weight is 363 g/mol. The number of carbonyl (C=O) groups excluding carboxylic acids is 1. The summed E-state index contributed by atoms with van der Waals surface area (Å²) in [5.41, 5.74) is -0.180. The van der Waals surface area contributed by atoms with Crippen molar-refractivity contribution in [1.29, 1.82) is 0 Å². The molecule has 0 fully saturated rings. The fourth-order valence-corrected chi connectivity index (χ4v) is 2.17. The second kappa shape index (κ2) is 7.00. The van der Waals surface area contributed by atoms with Crippen molar-refractivity contribution >= 4 is 46.4 Å². The molecule has 1 N–H and O–H groups in total. The summed E-state index contributed by atoms with van der Waals surface area (Å²) < 4.78 is 5.92. The molecule has 2 rings (SSSR count). The molecule has 0 aliphatic carbocycles. The van der Waals surface area contributed by atoms with E-state index in [0.717, 1.165) is 4.68 Å². The van der Waals surface area contributed by atoms with Crippen molar-refractivity contribution in [3.63, 3.8) is 0 Å². The van der Waals surface area contributed by atoms with Gasteiger partial charge in [-0.2, -0.15) is 5.10 Å². The van der Waals surface area contributed by atoms with Crippen LogP contribution in [-0.4, -0.2) is 22.8 Å². The van der Waals surface area contributed by atoms with Gasteiger partial charge in [-0.15, -0.1) is 0 Å². The monoisotopic (exact) mass is 361 g/mol. The summed E-state index contributed by atoms with van der Waals surface area (Å²) in [6.45, 7) is -0.306. The standard InChI is InChI=1S/C13H10Cl3N3O3/c1-22-10-3-2-7(4-8(10)14)18-11(20)6-19-13(21)12(16)9(15)5-17-19/h2-5H,6H2,1H3,(H,18,20). The molecule has 6 nitrogen and oxygen atoms in total. The molecule has 0 saturated carbocycles. The number of nitrogens with one attached hydrogen (secondary N) is 1. The van der Waals surface area contributed by atoms with Crippen LogP contribution in [0.3, 0.4) is 0 Å². The minimum Gasteiger partial charge on any atom is -0.495 e. The van der Waals surface area contributed by atoms with Gasteiger partial charge in [-0.05, 0) is 18.2 Å². The zero-order chi connectivity index (χ0) is 16.3. The first-order valence-electron chi connectivity index (χ1n) is 5.97. The Balaban J connectivity index is 2.12. The van der Waals surface area contributed by atoms with Crippen molar-refractivity contribution in [3.8, 4) is 5.75 Å². The lowest BCUT2D eigenvalue weighted by atomic mass is 10.3. The van der Waals surface area contributed by atoms with E-state index in [1.165, 1.54) is 19.4 Å². The summed E-state index contributed by atoms with van der Waals surface area (Å²) in [6, 6.07) is 4.76. The number of rotatable bonds is 4. The van der Waals surface area contributed by atoms with Gasteiger partial charge in [0.1, 0.15) is 17.3 Å². The molecular weight excluding hydrogens is 353 g/mol. The maximum atomic E-state index is 11.9. The van der Waals surface area contributed by atoms with Gasteiger partial charge >= 0.3 is 0 Å². The Morgan fingerprint density at radius 3 is 2.68 bits per heavy atom. The maximum absolute atomic E-state index is 11.9. The van der Waals surface area contributed by atoms with Crippen LogP contribution in [0.25, 0.3) is 0 Å². The molecule has 1 aromatic heterocycles. The number of anilines is 1. The molecule has 22 heavy (non-hydrogen) atoms. The molecule has 2 aromatic rings. The van der Waals surface area contributed by atoms with Gasteiger partial charge in [-0.25, -0.2) is 4.68 Å². The molecule has 0 radical (unpaired) electrons. The van der Waals surface area contributed by atoms with Crippen LogP contribution in [0.4, 0.5) is 5.69 Å². The number of methoxy groups -OCH3 is 1. The first-order chi connectivity index (χ1) is 10.4. The van der Waals surface area contributed by atoms with E-state index in [2.05, 4.69) is 10.4 Å². The molecule has 1 aromatic carbocycles. The number of hydrogen-bond donors (Lipinski definition) is 1. The Kier molecular flexibility index (Phi) is 5.28. The molecule has 0 bridgehead atoms. The number of hydrogen-bond acceptors (Lipinski definition) is 4. The molecule has 0 saturated heterocycles. The number of amides is 1. The largest absolute Gasteiger partial charge is 0.495 e. The van der Waals surface area contributed by atoms with E-state index in [1.807, 2.05) is 0 Å². The number of aromatic nitrogens is 2. The van der Waals surface area contributed by atoms with Crippen LogP contribution < -0.4 is 15.6 Å². The minimum absolute atomic E-state index is 0.0326. The zero-order valence-corrected chi connectivity index (χ0v) is 13.5. The van der Waals surface area contributed by atoms with Gasteiger partial charge in [-0.1, -0.05) is 34.8 Å².